The van der Waals surface area contributed by atoms with Gasteiger partial charge in [-0.25, -0.2) is 4.79 Å². The summed E-state index contributed by atoms with van der Waals surface area (Å²) in [4.78, 5) is 50.8. The highest BCUT2D eigenvalue weighted by Gasteiger charge is 2.52. The molecule has 10 nitrogen and oxygen atoms in total. The molecule has 290 valence electrons. The predicted molar refractivity (Wildman–Crippen MR) is 221 cm³/mol. The van der Waals surface area contributed by atoms with Crippen LogP contribution in [0.3, 0.4) is 0 Å². The SMILES string of the molecule is COC(=O)N[C@H](C(=O)N1CCC[C@H]1C1=NC=C(c2ccc(-c3ccc(C4=CN=C([C@@H]5C6CCC(C6)[C@H]5C(=O)NCc5cccc(N)c5)C4)cc3)cc2)C1)C(C)C. The number of amides is 3. The first-order valence-corrected chi connectivity index (χ1v) is 20.2. The minimum absolute atomic E-state index is 0.0225. The molecule has 6 atom stereocenters. The van der Waals surface area contributed by atoms with E-state index in [2.05, 4.69) is 59.2 Å². The standard InChI is InChI=1S/C46H52N6O4/c1-27(2)43(51-46(55)56-3)45(54)52-19-5-8-40(52)38-22-35(25-48-38)31-13-9-29(10-14-31)30-11-15-32(16-12-30)36-23-39(49-26-36)41-33-17-18-34(21-33)42(41)44(53)50-24-28-6-4-7-37(47)20-28/h4,6-7,9-16,20,25-27,33-34,40-43H,5,8,17-19,21-24,47H2,1-3H3,(H,50,53)(H,51,55)/t33?,34?,40-,41-,42+,43-/m0/s1. The van der Waals surface area contributed by atoms with Crippen molar-refractivity contribution in [2.75, 3.05) is 19.4 Å². The van der Waals surface area contributed by atoms with Crippen LogP contribution in [-0.2, 0) is 20.9 Å². The third-order valence-electron chi connectivity index (χ3n) is 12.7. The van der Waals surface area contributed by atoms with Gasteiger partial charge in [0.25, 0.3) is 0 Å². The maximum atomic E-state index is 13.6. The zero-order chi connectivity index (χ0) is 38.9. The molecule has 0 radical (unpaired) electrons. The molecule has 3 aromatic rings. The second kappa shape index (κ2) is 15.9. The lowest BCUT2D eigenvalue weighted by Gasteiger charge is -2.31. The van der Waals surface area contributed by atoms with Gasteiger partial charge in [-0.05, 0) is 101 Å². The first-order chi connectivity index (χ1) is 27.2. The van der Waals surface area contributed by atoms with Crippen LogP contribution in [0.25, 0.3) is 22.3 Å². The van der Waals surface area contributed by atoms with E-state index in [9.17, 15) is 14.4 Å². The number of nitrogens with one attached hydrogen (secondary N) is 2. The number of fused-ring (bicyclic) bond motifs is 2. The summed E-state index contributed by atoms with van der Waals surface area (Å²) in [6.07, 6.45) is 10.0. The molecule has 3 amide bonds. The molecule has 2 bridgehead atoms. The van der Waals surface area contributed by atoms with Crippen molar-refractivity contribution in [2.24, 2.45) is 39.6 Å². The largest absolute Gasteiger partial charge is 0.453 e. The van der Waals surface area contributed by atoms with E-state index in [1.165, 1.54) is 19.1 Å². The Labute approximate surface area is 329 Å². The molecule has 1 saturated heterocycles. The van der Waals surface area contributed by atoms with E-state index in [4.69, 9.17) is 20.5 Å². The summed E-state index contributed by atoms with van der Waals surface area (Å²) < 4.78 is 4.78. The van der Waals surface area contributed by atoms with E-state index < -0.39 is 12.1 Å². The summed E-state index contributed by atoms with van der Waals surface area (Å²) in [6.45, 7) is 4.99. The third kappa shape index (κ3) is 7.53. The normalized spacial score (nSPS) is 24.4. The van der Waals surface area contributed by atoms with Crippen LogP contribution in [0.5, 0.6) is 0 Å². The molecule has 5 aliphatic rings. The lowest BCUT2D eigenvalue weighted by atomic mass is 9.75. The third-order valence-corrected chi connectivity index (χ3v) is 12.7. The molecular formula is C46H52N6O4. The van der Waals surface area contributed by atoms with Gasteiger partial charge in [0.2, 0.25) is 11.8 Å². The van der Waals surface area contributed by atoms with Crippen molar-refractivity contribution in [2.45, 2.75) is 77.4 Å². The first-order valence-electron chi connectivity index (χ1n) is 20.2. The molecular weight excluding hydrogens is 701 g/mol. The quantitative estimate of drug-likeness (QED) is 0.173. The first kappa shape index (κ1) is 37.4. The van der Waals surface area contributed by atoms with Crippen molar-refractivity contribution in [3.63, 3.8) is 0 Å². The van der Waals surface area contributed by atoms with Crippen molar-refractivity contribution in [1.29, 1.82) is 0 Å². The molecule has 2 saturated carbocycles. The van der Waals surface area contributed by atoms with E-state index >= 15 is 0 Å². The topological polar surface area (TPSA) is 138 Å². The molecule has 8 rings (SSSR count). The second-order valence-corrected chi connectivity index (χ2v) is 16.5. The molecule has 56 heavy (non-hydrogen) atoms. The Hall–Kier alpha value is -5.51. The van der Waals surface area contributed by atoms with Gasteiger partial charge in [-0.2, -0.15) is 0 Å². The molecule has 3 fully saturated rings. The number of likely N-dealkylation sites (tertiary alicyclic amines) is 1. The van der Waals surface area contributed by atoms with Crippen molar-refractivity contribution >= 4 is 46.2 Å². The van der Waals surface area contributed by atoms with E-state index in [0.717, 1.165) is 76.9 Å². The van der Waals surface area contributed by atoms with Gasteiger partial charge in [0.05, 0.1) is 13.2 Å². The molecule has 3 aromatic carbocycles. The van der Waals surface area contributed by atoms with Crippen LogP contribution >= 0.6 is 0 Å². The maximum absolute atomic E-state index is 13.6. The zero-order valence-electron chi connectivity index (χ0n) is 32.5. The molecule has 2 unspecified atom stereocenters. The van der Waals surface area contributed by atoms with Gasteiger partial charge in [-0.3, -0.25) is 19.6 Å². The number of hydrogen-bond donors (Lipinski definition) is 3. The van der Waals surface area contributed by atoms with Crippen molar-refractivity contribution in [3.8, 4) is 11.1 Å². The summed E-state index contributed by atoms with van der Waals surface area (Å²) in [7, 11) is 1.31. The molecule has 0 spiro atoms. The van der Waals surface area contributed by atoms with Gasteiger partial charge < -0.3 is 26.0 Å². The van der Waals surface area contributed by atoms with Crippen LogP contribution in [-0.4, -0.2) is 60.0 Å². The number of alkyl carbamates (subject to hydrolysis) is 1. The van der Waals surface area contributed by atoms with E-state index in [0.29, 0.717) is 37.0 Å². The smallest absolute Gasteiger partial charge is 0.407 e. The highest BCUT2D eigenvalue weighted by atomic mass is 16.5. The summed E-state index contributed by atoms with van der Waals surface area (Å²) in [6, 6.07) is 24.3. The Kier molecular flexibility index (Phi) is 10.6. The lowest BCUT2D eigenvalue weighted by Crippen LogP contribution is -2.53. The van der Waals surface area contributed by atoms with E-state index in [1.54, 1.807) is 0 Å². The molecule has 4 N–H and O–H groups in total. The van der Waals surface area contributed by atoms with Gasteiger partial charge in [-0.15, -0.1) is 0 Å². The number of allylic oxidation sites excluding steroid dienone is 2. The molecule has 3 aliphatic heterocycles. The number of nitrogens with two attached hydrogens (primary N) is 1. The second-order valence-electron chi connectivity index (χ2n) is 16.5. The Morgan fingerprint density at radius 1 is 0.839 bits per heavy atom. The van der Waals surface area contributed by atoms with Crippen molar-refractivity contribution in [1.82, 2.24) is 15.5 Å². The average Bonchev–Trinajstić information content (AvgIpc) is 4.07. The zero-order valence-corrected chi connectivity index (χ0v) is 32.5. The van der Waals surface area contributed by atoms with Crippen LogP contribution in [0.2, 0.25) is 0 Å². The maximum Gasteiger partial charge on any atom is 0.407 e. The number of aliphatic imine (C=N–C) groups is 2. The predicted octanol–water partition coefficient (Wildman–Crippen LogP) is 7.66. The van der Waals surface area contributed by atoms with Gasteiger partial charge in [-0.1, -0.05) is 74.5 Å². The van der Waals surface area contributed by atoms with Gasteiger partial charge in [0, 0.05) is 67.3 Å². The summed E-state index contributed by atoms with van der Waals surface area (Å²) in [5.41, 5.74) is 16.7. The Balaban J connectivity index is 0.862. The van der Waals surface area contributed by atoms with E-state index in [-0.39, 0.29) is 35.6 Å². The molecule has 3 heterocycles. The van der Waals surface area contributed by atoms with Crippen LogP contribution in [0.15, 0.2) is 95.2 Å². The number of ether oxygens (including phenoxy) is 1. The fourth-order valence-corrected chi connectivity index (χ4v) is 9.82. The van der Waals surface area contributed by atoms with E-state index in [1.807, 2.05) is 55.4 Å². The van der Waals surface area contributed by atoms with Crippen molar-refractivity contribution < 1.29 is 19.1 Å². The minimum Gasteiger partial charge on any atom is -0.453 e. The summed E-state index contributed by atoms with van der Waals surface area (Å²) in [5.74, 6) is 1.12. The number of nitrogen functional groups attached to an aromatic ring is 1. The van der Waals surface area contributed by atoms with Crippen molar-refractivity contribution in [3.05, 3.63) is 102 Å². The number of methoxy groups -OCH3 is 1. The van der Waals surface area contributed by atoms with Crippen LogP contribution < -0.4 is 16.4 Å². The number of carbonyl (C=O) groups is 3. The summed E-state index contributed by atoms with van der Waals surface area (Å²) in [5, 5.41) is 5.95. The number of hydrogen-bond acceptors (Lipinski definition) is 7. The number of rotatable bonds is 11. The van der Waals surface area contributed by atoms with Gasteiger partial charge in [0.15, 0.2) is 0 Å². The minimum atomic E-state index is -0.647. The Morgan fingerprint density at radius 3 is 2.11 bits per heavy atom. The van der Waals surface area contributed by atoms with Crippen LogP contribution in [0, 0.1) is 29.6 Å². The number of anilines is 1. The Morgan fingerprint density at radius 2 is 1.46 bits per heavy atom. The molecule has 0 aromatic heterocycles. The highest BCUT2D eigenvalue weighted by Crippen LogP contribution is 2.54. The average molecular weight is 753 g/mol. The van der Waals surface area contributed by atoms with Gasteiger partial charge in [0.1, 0.15) is 6.04 Å². The monoisotopic (exact) mass is 752 g/mol. The number of carbonyl (C=O) groups excluding carboxylic acids is 3. The highest BCUT2D eigenvalue weighted by molar-refractivity contribution is 6.04. The molecule has 2 aliphatic carbocycles. The summed E-state index contributed by atoms with van der Waals surface area (Å²) >= 11 is 0. The Bertz CT molecular complexity index is 2120. The molecule has 10 heteroatoms. The van der Waals surface area contributed by atoms with Crippen LogP contribution in [0.1, 0.15) is 75.5 Å². The number of benzene rings is 3. The van der Waals surface area contributed by atoms with Crippen LogP contribution in [0.4, 0.5) is 10.5 Å². The fourth-order valence-electron chi connectivity index (χ4n) is 9.82. The fraction of sp³-hybridized carbons (Fsp3) is 0.413. The lowest BCUT2D eigenvalue weighted by molar-refractivity contribution is -0.134. The number of nitrogens with zero attached hydrogens (tertiary/aromatic N) is 3. The van der Waals surface area contributed by atoms with Gasteiger partial charge >= 0.3 is 6.09 Å².